The van der Waals surface area contributed by atoms with Gasteiger partial charge >= 0.3 is 5.97 Å². The highest BCUT2D eigenvalue weighted by atomic mass is 79.9. The van der Waals surface area contributed by atoms with E-state index in [2.05, 4.69) is 36.7 Å². The second-order valence-corrected chi connectivity index (χ2v) is 5.85. The average molecular weight is 313 g/mol. The molecule has 98 valence electrons. The lowest BCUT2D eigenvalue weighted by atomic mass is 9.86. The quantitative estimate of drug-likeness (QED) is 0.487. The van der Waals surface area contributed by atoms with Gasteiger partial charge in [0.25, 0.3) is 5.78 Å². The molecule has 1 rings (SSSR count). The van der Waals surface area contributed by atoms with Crippen LogP contribution >= 0.6 is 15.9 Å². The van der Waals surface area contributed by atoms with Gasteiger partial charge in [-0.2, -0.15) is 0 Å². The molecule has 0 aliphatic carbocycles. The molecule has 4 heteroatoms. The molecule has 1 aromatic rings. The third kappa shape index (κ3) is 3.42. The second kappa shape index (κ2) is 5.65. The zero-order chi connectivity index (χ0) is 13.9. The number of hydrogen-bond donors (Lipinski definition) is 0. The molecule has 0 heterocycles. The highest BCUT2D eigenvalue weighted by Gasteiger charge is 2.21. The van der Waals surface area contributed by atoms with Gasteiger partial charge in [0.15, 0.2) is 0 Å². The van der Waals surface area contributed by atoms with E-state index in [1.807, 2.05) is 6.07 Å². The van der Waals surface area contributed by atoms with Crippen LogP contribution in [0.1, 0.15) is 43.6 Å². The van der Waals surface area contributed by atoms with E-state index in [1.54, 1.807) is 19.1 Å². The fourth-order valence-corrected chi connectivity index (χ4v) is 2.55. The average Bonchev–Trinajstić information content (AvgIpc) is 2.26. The molecule has 0 saturated carbocycles. The maximum Gasteiger partial charge on any atom is 0.379 e. The Balaban J connectivity index is 3.05. The molecule has 0 aromatic heterocycles. The Kier molecular flexibility index (Phi) is 4.68. The predicted octanol–water partition coefficient (Wildman–Crippen LogP) is 3.49. The van der Waals surface area contributed by atoms with Crippen LogP contribution in [0.25, 0.3) is 0 Å². The molecular weight excluding hydrogens is 296 g/mol. The molecule has 18 heavy (non-hydrogen) atoms. The summed E-state index contributed by atoms with van der Waals surface area (Å²) in [4.78, 5) is 23.1. The van der Waals surface area contributed by atoms with Crippen molar-refractivity contribution < 1.29 is 14.3 Å². The van der Waals surface area contributed by atoms with Gasteiger partial charge in [-0.15, -0.1) is 0 Å². The molecule has 0 fully saturated rings. The van der Waals surface area contributed by atoms with E-state index in [-0.39, 0.29) is 12.0 Å². The summed E-state index contributed by atoms with van der Waals surface area (Å²) in [5.41, 5.74) is 1.40. The summed E-state index contributed by atoms with van der Waals surface area (Å²) >= 11 is 3.43. The number of hydrogen-bond acceptors (Lipinski definition) is 3. The first-order valence-corrected chi connectivity index (χ1v) is 6.58. The molecule has 1 aromatic carbocycles. The van der Waals surface area contributed by atoms with Crippen molar-refractivity contribution in [3.8, 4) is 0 Å². The van der Waals surface area contributed by atoms with E-state index >= 15 is 0 Å². The van der Waals surface area contributed by atoms with Crippen molar-refractivity contribution in [1.29, 1.82) is 0 Å². The van der Waals surface area contributed by atoms with Gasteiger partial charge in [-0.3, -0.25) is 4.79 Å². The van der Waals surface area contributed by atoms with Crippen LogP contribution < -0.4 is 0 Å². The number of ether oxygens (including phenoxy) is 1. The van der Waals surface area contributed by atoms with Crippen LogP contribution in [0.2, 0.25) is 0 Å². The van der Waals surface area contributed by atoms with Crippen molar-refractivity contribution in [1.82, 2.24) is 0 Å². The van der Waals surface area contributed by atoms with E-state index in [4.69, 9.17) is 4.74 Å². The van der Waals surface area contributed by atoms with Crippen molar-refractivity contribution in [3.63, 3.8) is 0 Å². The lowest BCUT2D eigenvalue weighted by molar-refractivity contribution is -0.137. The van der Waals surface area contributed by atoms with Gasteiger partial charge in [-0.05, 0) is 24.0 Å². The van der Waals surface area contributed by atoms with Crippen molar-refractivity contribution in [2.75, 3.05) is 6.61 Å². The summed E-state index contributed by atoms with van der Waals surface area (Å²) in [6, 6.07) is 5.18. The van der Waals surface area contributed by atoms with E-state index in [0.717, 1.165) is 10.0 Å². The molecule has 0 saturated heterocycles. The van der Waals surface area contributed by atoms with Crippen LogP contribution in [0.4, 0.5) is 0 Å². The van der Waals surface area contributed by atoms with Gasteiger partial charge in [0, 0.05) is 10.0 Å². The third-order valence-corrected chi connectivity index (χ3v) is 3.16. The Morgan fingerprint density at radius 3 is 2.33 bits per heavy atom. The van der Waals surface area contributed by atoms with Gasteiger partial charge in [-0.1, -0.05) is 48.8 Å². The lowest BCUT2D eigenvalue weighted by Gasteiger charge is -2.21. The van der Waals surface area contributed by atoms with E-state index < -0.39 is 11.8 Å². The first-order valence-electron chi connectivity index (χ1n) is 5.79. The minimum absolute atomic E-state index is 0.0235. The smallest absolute Gasteiger partial charge is 0.379 e. The van der Waals surface area contributed by atoms with Gasteiger partial charge in [-0.25, -0.2) is 4.79 Å². The van der Waals surface area contributed by atoms with Crippen LogP contribution in [0.3, 0.4) is 0 Å². The topological polar surface area (TPSA) is 43.4 Å². The number of rotatable bonds is 3. The summed E-state index contributed by atoms with van der Waals surface area (Å²) in [5, 5.41) is 0. The fraction of sp³-hybridized carbons (Fsp3) is 0.429. The first-order chi connectivity index (χ1) is 8.27. The van der Waals surface area contributed by atoms with Crippen LogP contribution in [0, 0.1) is 0 Å². The molecule has 0 radical (unpaired) electrons. The first kappa shape index (κ1) is 14.9. The van der Waals surface area contributed by atoms with Crippen molar-refractivity contribution in [2.24, 2.45) is 0 Å². The van der Waals surface area contributed by atoms with Crippen molar-refractivity contribution >= 4 is 27.7 Å². The summed E-state index contributed by atoms with van der Waals surface area (Å²) in [6.45, 7) is 8.12. The standard InChI is InChI=1S/C14H17BrO3/c1-5-18-13(17)12(16)9-6-7-10(11(15)8-9)14(2,3)4/h6-8H,5H2,1-4H3. The maximum atomic E-state index is 11.8. The molecule has 0 spiro atoms. The molecule has 0 aliphatic heterocycles. The molecule has 0 amide bonds. The number of Topliss-reactive ketones (excluding diaryl/α,β-unsaturated/α-hetero) is 1. The monoisotopic (exact) mass is 312 g/mol. The van der Waals surface area contributed by atoms with Crippen molar-refractivity contribution in [2.45, 2.75) is 33.1 Å². The summed E-state index contributed by atoms with van der Waals surface area (Å²) < 4.78 is 5.52. The van der Waals surface area contributed by atoms with Crippen LogP contribution in [0.15, 0.2) is 22.7 Å². The zero-order valence-electron chi connectivity index (χ0n) is 11.0. The van der Waals surface area contributed by atoms with E-state index in [0.29, 0.717) is 5.56 Å². The predicted molar refractivity (Wildman–Crippen MR) is 73.8 cm³/mol. The summed E-state index contributed by atoms with van der Waals surface area (Å²) in [5.74, 6) is -1.43. The molecule has 3 nitrogen and oxygen atoms in total. The van der Waals surface area contributed by atoms with Gasteiger partial charge in [0.05, 0.1) is 6.61 Å². The van der Waals surface area contributed by atoms with Gasteiger partial charge in [0.2, 0.25) is 0 Å². The maximum absolute atomic E-state index is 11.8. The van der Waals surface area contributed by atoms with E-state index in [9.17, 15) is 9.59 Å². The largest absolute Gasteiger partial charge is 0.460 e. The summed E-state index contributed by atoms with van der Waals surface area (Å²) in [7, 11) is 0. The number of carbonyl (C=O) groups excluding carboxylic acids is 2. The number of carbonyl (C=O) groups is 2. The molecule has 0 unspecified atom stereocenters. The number of ketones is 1. The minimum atomic E-state index is -0.812. The SMILES string of the molecule is CCOC(=O)C(=O)c1ccc(C(C)(C)C)c(Br)c1. The van der Waals surface area contributed by atoms with E-state index in [1.165, 1.54) is 0 Å². The number of halogens is 1. The number of esters is 1. The second-order valence-electron chi connectivity index (χ2n) is 4.99. The summed E-state index contributed by atoms with van der Waals surface area (Å²) in [6.07, 6.45) is 0. The van der Waals surface area contributed by atoms with Crippen LogP contribution in [-0.2, 0) is 14.9 Å². The minimum Gasteiger partial charge on any atom is -0.460 e. The number of benzene rings is 1. The molecule has 0 atom stereocenters. The Bertz CT molecular complexity index is 472. The zero-order valence-corrected chi connectivity index (χ0v) is 12.6. The molecule has 0 aliphatic rings. The van der Waals surface area contributed by atoms with Crippen LogP contribution in [0.5, 0.6) is 0 Å². The molecule has 0 N–H and O–H groups in total. The highest BCUT2D eigenvalue weighted by molar-refractivity contribution is 9.10. The molecular formula is C14H17BrO3. The normalized spacial score (nSPS) is 11.2. The Morgan fingerprint density at radius 1 is 1.28 bits per heavy atom. The highest BCUT2D eigenvalue weighted by Crippen LogP contribution is 2.30. The van der Waals surface area contributed by atoms with Crippen LogP contribution in [-0.4, -0.2) is 18.4 Å². The lowest BCUT2D eigenvalue weighted by Crippen LogP contribution is -2.18. The third-order valence-electron chi connectivity index (χ3n) is 2.50. The van der Waals surface area contributed by atoms with Crippen molar-refractivity contribution in [3.05, 3.63) is 33.8 Å². The Hall–Kier alpha value is -1.16. The molecule has 0 bridgehead atoms. The Morgan fingerprint density at radius 2 is 1.89 bits per heavy atom. The van der Waals surface area contributed by atoms with Gasteiger partial charge < -0.3 is 4.74 Å². The fourth-order valence-electron chi connectivity index (χ4n) is 1.58. The van der Waals surface area contributed by atoms with Gasteiger partial charge in [0.1, 0.15) is 0 Å². The Labute approximate surface area is 116 Å².